The van der Waals surface area contributed by atoms with Gasteiger partial charge >= 0.3 is 0 Å². The van der Waals surface area contributed by atoms with E-state index in [4.69, 9.17) is 5.73 Å². The molecule has 16 heavy (non-hydrogen) atoms. The first kappa shape index (κ1) is 10.7. The van der Waals surface area contributed by atoms with Crippen LogP contribution in [0, 0.1) is 6.92 Å². The molecule has 0 aliphatic rings. The number of aromatic amines is 1. The number of pyridine rings is 1. The molecule has 2 aromatic heterocycles. The number of nitrogens with two attached hydrogens (primary N) is 1. The molecule has 2 rings (SSSR count). The first-order valence-electron chi connectivity index (χ1n) is 4.62. The van der Waals surface area contributed by atoms with Gasteiger partial charge in [0.05, 0.1) is 10.6 Å². The Morgan fingerprint density at radius 1 is 1.44 bits per heavy atom. The van der Waals surface area contributed by atoms with E-state index in [1.54, 1.807) is 13.0 Å². The topological polar surface area (TPSA) is 88.8 Å². The van der Waals surface area contributed by atoms with Crippen LogP contribution in [0.3, 0.4) is 0 Å². The van der Waals surface area contributed by atoms with Crippen LogP contribution < -0.4 is 5.73 Å². The smallest absolute Gasteiger partial charge is 0.211 e. The molecule has 0 saturated carbocycles. The van der Waals surface area contributed by atoms with Gasteiger partial charge in [0.1, 0.15) is 4.90 Å². The van der Waals surface area contributed by atoms with Crippen molar-refractivity contribution in [2.75, 3.05) is 5.73 Å². The van der Waals surface area contributed by atoms with Crippen molar-refractivity contribution < 1.29 is 8.42 Å². The van der Waals surface area contributed by atoms with Gasteiger partial charge in [0.2, 0.25) is 9.84 Å². The molecule has 5 nitrogen and oxygen atoms in total. The molecule has 0 bridgehead atoms. The maximum atomic E-state index is 12.1. The molecule has 2 aromatic rings. The number of nitrogens with one attached hydrogen (secondary N) is 1. The third-order valence-corrected chi connectivity index (χ3v) is 4.10. The highest BCUT2D eigenvalue weighted by molar-refractivity contribution is 7.91. The number of hydrogen-bond acceptors (Lipinski definition) is 4. The Labute approximate surface area is 93.2 Å². The van der Waals surface area contributed by atoms with Crippen LogP contribution in [-0.2, 0) is 9.84 Å². The number of sulfone groups is 1. The number of aryl methyl sites for hydroxylation is 1. The van der Waals surface area contributed by atoms with Crippen molar-refractivity contribution >= 4 is 15.5 Å². The van der Waals surface area contributed by atoms with E-state index < -0.39 is 9.84 Å². The van der Waals surface area contributed by atoms with Gasteiger partial charge in [0.15, 0.2) is 0 Å². The molecule has 0 aliphatic heterocycles. The summed E-state index contributed by atoms with van der Waals surface area (Å²) in [5.41, 5.74) is 6.59. The fourth-order valence-corrected chi connectivity index (χ4v) is 2.74. The molecule has 0 fully saturated rings. The van der Waals surface area contributed by atoms with Crippen molar-refractivity contribution in [3.05, 3.63) is 36.4 Å². The minimum absolute atomic E-state index is 0.0954. The average Bonchev–Trinajstić information content (AvgIpc) is 2.61. The lowest BCUT2D eigenvalue weighted by Crippen LogP contribution is -2.04. The highest BCUT2D eigenvalue weighted by atomic mass is 32.2. The zero-order valence-corrected chi connectivity index (χ0v) is 9.45. The van der Waals surface area contributed by atoms with Gasteiger partial charge in [-0.05, 0) is 19.1 Å². The van der Waals surface area contributed by atoms with Gasteiger partial charge in [0, 0.05) is 24.3 Å². The summed E-state index contributed by atoms with van der Waals surface area (Å²) >= 11 is 0. The van der Waals surface area contributed by atoms with Crippen molar-refractivity contribution in [1.29, 1.82) is 0 Å². The Hall–Kier alpha value is -1.82. The lowest BCUT2D eigenvalue weighted by atomic mass is 10.4. The van der Waals surface area contributed by atoms with Crippen molar-refractivity contribution in [2.45, 2.75) is 16.7 Å². The normalized spacial score (nSPS) is 11.6. The highest BCUT2D eigenvalue weighted by Crippen LogP contribution is 2.26. The number of aromatic nitrogens is 2. The lowest BCUT2D eigenvalue weighted by Gasteiger charge is -2.02. The number of anilines is 1. The van der Waals surface area contributed by atoms with E-state index in [1.165, 1.54) is 24.7 Å². The second-order valence-corrected chi connectivity index (χ2v) is 5.30. The predicted octanol–water partition coefficient (Wildman–Crippen LogP) is 1.13. The maximum absolute atomic E-state index is 12.1. The summed E-state index contributed by atoms with van der Waals surface area (Å²) in [4.78, 5) is 6.81. The number of nitrogens with zero attached hydrogens (tertiary/aromatic N) is 1. The summed E-state index contributed by atoms with van der Waals surface area (Å²) in [5, 5.41) is 0. The van der Waals surface area contributed by atoms with Crippen LogP contribution in [0.25, 0.3) is 0 Å². The second-order valence-electron chi connectivity index (χ2n) is 3.38. The van der Waals surface area contributed by atoms with Crippen LogP contribution in [-0.4, -0.2) is 18.4 Å². The first-order valence-corrected chi connectivity index (χ1v) is 6.10. The van der Waals surface area contributed by atoms with Crippen molar-refractivity contribution in [1.82, 2.24) is 9.97 Å². The van der Waals surface area contributed by atoms with E-state index in [0.717, 1.165) is 0 Å². The molecule has 84 valence electrons. The number of rotatable bonds is 2. The number of hydrogen-bond donors (Lipinski definition) is 2. The highest BCUT2D eigenvalue weighted by Gasteiger charge is 2.22. The molecule has 0 radical (unpaired) electrons. The fourth-order valence-electron chi connectivity index (χ4n) is 1.37. The molecule has 0 saturated heterocycles. The predicted molar refractivity (Wildman–Crippen MR) is 59.6 cm³/mol. The SMILES string of the molecule is Cc1[nH]cc(S(=O)(=O)c2cccnc2)c1N. The summed E-state index contributed by atoms with van der Waals surface area (Å²) in [6.07, 6.45) is 4.22. The Kier molecular flexibility index (Phi) is 2.43. The maximum Gasteiger partial charge on any atom is 0.211 e. The number of H-pyrrole nitrogens is 1. The fraction of sp³-hybridized carbons (Fsp3) is 0.100. The molecule has 0 atom stereocenters. The average molecular weight is 237 g/mol. The van der Waals surface area contributed by atoms with Crippen LogP contribution in [0.4, 0.5) is 5.69 Å². The van der Waals surface area contributed by atoms with E-state index in [0.29, 0.717) is 5.69 Å². The molecule has 0 aliphatic carbocycles. The van der Waals surface area contributed by atoms with Crippen molar-refractivity contribution in [3.63, 3.8) is 0 Å². The summed E-state index contributed by atoms with van der Waals surface area (Å²) in [6.45, 7) is 1.72. The summed E-state index contributed by atoms with van der Waals surface area (Å²) < 4.78 is 24.3. The largest absolute Gasteiger partial charge is 0.396 e. The third-order valence-electron chi connectivity index (χ3n) is 2.32. The van der Waals surface area contributed by atoms with Crippen LogP contribution in [0.15, 0.2) is 40.5 Å². The first-order chi connectivity index (χ1) is 7.53. The minimum Gasteiger partial charge on any atom is -0.396 e. The van der Waals surface area contributed by atoms with Crippen LogP contribution >= 0.6 is 0 Å². The van der Waals surface area contributed by atoms with Crippen LogP contribution in [0.1, 0.15) is 5.69 Å². The Balaban J connectivity index is 2.61. The van der Waals surface area contributed by atoms with E-state index in [-0.39, 0.29) is 15.5 Å². The Morgan fingerprint density at radius 2 is 2.19 bits per heavy atom. The molecular weight excluding hydrogens is 226 g/mol. The zero-order chi connectivity index (χ0) is 11.8. The molecule has 0 spiro atoms. The van der Waals surface area contributed by atoms with Crippen molar-refractivity contribution in [2.24, 2.45) is 0 Å². The molecule has 0 aromatic carbocycles. The molecule has 0 amide bonds. The summed E-state index contributed by atoms with van der Waals surface area (Å²) in [5.74, 6) is 0. The van der Waals surface area contributed by atoms with Crippen LogP contribution in [0.5, 0.6) is 0 Å². The van der Waals surface area contributed by atoms with Gasteiger partial charge in [-0.1, -0.05) is 0 Å². The van der Waals surface area contributed by atoms with E-state index in [2.05, 4.69) is 9.97 Å². The minimum atomic E-state index is -3.57. The monoisotopic (exact) mass is 237 g/mol. The molecule has 0 unspecified atom stereocenters. The van der Waals surface area contributed by atoms with Crippen molar-refractivity contribution in [3.8, 4) is 0 Å². The quantitative estimate of drug-likeness (QED) is 0.819. The summed E-state index contributed by atoms with van der Waals surface area (Å²) in [7, 11) is -3.57. The van der Waals surface area contributed by atoms with E-state index in [1.807, 2.05) is 0 Å². The molecule has 2 heterocycles. The van der Waals surface area contributed by atoms with E-state index in [9.17, 15) is 8.42 Å². The third kappa shape index (κ3) is 1.57. The lowest BCUT2D eigenvalue weighted by molar-refractivity contribution is 0.596. The Morgan fingerprint density at radius 3 is 2.69 bits per heavy atom. The number of nitrogen functional groups attached to an aromatic ring is 1. The van der Waals surface area contributed by atoms with Gasteiger partial charge in [-0.25, -0.2) is 8.42 Å². The van der Waals surface area contributed by atoms with Gasteiger partial charge in [-0.15, -0.1) is 0 Å². The van der Waals surface area contributed by atoms with Gasteiger partial charge in [0.25, 0.3) is 0 Å². The summed E-state index contributed by atoms with van der Waals surface area (Å²) in [6, 6.07) is 3.06. The Bertz CT molecular complexity index is 602. The zero-order valence-electron chi connectivity index (χ0n) is 8.64. The van der Waals surface area contributed by atoms with Crippen LogP contribution in [0.2, 0.25) is 0 Å². The van der Waals surface area contributed by atoms with Gasteiger partial charge < -0.3 is 10.7 Å². The molecule has 3 N–H and O–H groups in total. The van der Waals surface area contributed by atoms with Gasteiger partial charge in [-0.2, -0.15) is 0 Å². The second kappa shape index (κ2) is 3.64. The molecule has 6 heteroatoms. The van der Waals surface area contributed by atoms with Gasteiger partial charge in [-0.3, -0.25) is 4.98 Å². The van der Waals surface area contributed by atoms with E-state index >= 15 is 0 Å². The standard InChI is InChI=1S/C10H11N3O2S/c1-7-10(11)9(6-13-7)16(14,15)8-3-2-4-12-5-8/h2-6,13H,11H2,1H3. The molecular formula is C10H11N3O2S.